The fourth-order valence-corrected chi connectivity index (χ4v) is 2.89. The molecule has 2 aromatic carbocycles. The van der Waals surface area contributed by atoms with E-state index in [4.69, 9.17) is 11.6 Å². The molecule has 0 atom stereocenters. The Labute approximate surface area is 156 Å². The van der Waals surface area contributed by atoms with Crippen LogP contribution in [0.15, 0.2) is 42.5 Å². The maximum absolute atomic E-state index is 12.4. The number of hydrogen-bond acceptors (Lipinski definition) is 3. The van der Waals surface area contributed by atoms with Gasteiger partial charge in [-0.25, -0.2) is 4.79 Å². The maximum atomic E-state index is 12.4. The number of halogens is 1. The van der Waals surface area contributed by atoms with Crippen molar-refractivity contribution < 1.29 is 14.4 Å². The third-order valence-electron chi connectivity index (χ3n) is 4.06. The van der Waals surface area contributed by atoms with Crippen LogP contribution in [0.1, 0.15) is 40.1 Å². The summed E-state index contributed by atoms with van der Waals surface area (Å²) >= 11 is 5.83. The van der Waals surface area contributed by atoms with Gasteiger partial charge in [-0.2, -0.15) is 0 Å². The standard InChI is InChI=1S/C19H18ClN3O3/c1-11(2)23-17(24)15-8-7-14(9-16(15)18(23)25)22-19(26)21-10-12-3-5-13(20)6-4-12/h3-9,11H,10H2,1-2H3,(H2,21,22,26). The topological polar surface area (TPSA) is 78.5 Å². The number of anilines is 1. The van der Waals surface area contributed by atoms with Crippen molar-refractivity contribution in [3.63, 3.8) is 0 Å². The highest BCUT2D eigenvalue weighted by Crippen LogP contribution is 2.27. The van der Waals surface area contributed by atoms with Crippen LogP contribution in [0.5, 0.6) is 0 Å². The number of carbonyl (C=O) groups is 3. The van der Waals surface area contributed by atoms with Crippen LogP contribution in [0.25, 0.3) is 0 Å². The zero-order valence-electron chi connectivity index (χ0n) is 14.4. The van der Waals surface area contributed by atoms with E-state index in [-0.39, 0.29) is 17.9 Å². The Morgan fingerprint density at radius 3 is 2.35 bits per heavy atom. The largest absolute Gasteiger partial charge is 0.334 e. The number of fused-ring (bicyclic) bond motifs is 1. The Bertz CT molecular complexity index is 878. The molecule has 134 valence electrons. The molecule has 3 rings (SSSR count). The van der Waals surface area contributed by atoms with Gasteiger partial charge in [0, 0.05) is 23.3 Å². The lowest BCUT2D eigenvalue weighted by Crippen LogP contribution is -2.35. The number of nitrogens with zero attached hydrogens (tertiary/aromatic N) is 1. The molecule has 0 fully saturated rings. The zero-order valence-corrected chi connectivity index (χ0v) is 15.1. The van der Waals surface area contributed by atoms with Crippen molar-refractivity contribution in [2.24, 2.45) is 0 Å². The summed E-state index contributed by atoms with van der Waals surface area (Å²) in [5.41, 5.74) is 2.02. The van der Waals surface area contributed by atoms with Crippen molar-refractivity contribution in [2.75, 3.05) is 5.32 Å². The van der Waals surface area contributed by atoms with Crippen molar-refractivity contribution in [1.29, 1.82) is 0 Å². The second kappa shape index (κ2) is 7.17. The molecule has 2 aromatic rings. The Morgan fingerprint density at radius 1 is 1.04 bits per heavy atom. The Morgan fingerprint density at radius 2 is 1.69 bits per heavy atom. The third-order valence-corrected chi connectivity index (χ3v) is 4.31. The van der Waals surface area contributed by atoms with E-state index in [1.165, 1.54) is 11.0 Å². The van der Waals surface area contributed by atoms with Gasteiger partial charge in [-0.05, 0) is 49.7 Å². The molecule has 0 saturated carbocycles. The van der Waals surface area contributed by atoms with Crippen LogP contribution in [0.3, 0.4) is 0 Å². The lowest BCUT2D eigenvalue weighted by atomic mass is 10.1. The monoisotopic (exact) mass is 371 g/mol. The summed E-state index contributed by atoms with van der Waals surface area (Å²) in [5.74, 6) is -0.649. The van der Waals surface area contributed by atoms with E-state index in [0.29, 0.717) is 28.4 Å². The quantitative estimate of drug-likeness (QED) is 0.805. The summed E-state index contributed by atoms with van der Waals surface area (Å²) < 4.78 is 0. The van der Waals surface area contributed by atoms with Crippen molar-refractivity contribution in [3.05, 3.63) is 64.2 Å². The molecule has 1 heterocycles. The van der Waals surface area contributed by atoms with E-state index in [1.807, 2.05) is 12.1 Å². The molecular formula is C19H18ClN3O3. The first kappa shape index (κ1) is 17.9. The van der Waals surface area contributed by atoms with Crippen molar-refractivity contribution in [2.45, 2.75) is 26.4 Å². The minimum Gasteiger partial charge on any atom is -0.334 e. The molecule has 0 spiro atoms. The van der Waals surface area contributed by atoms with Gasteiger partial charge in [-0.3, -0.25) is 14.5 Å². The summed E-state index contributed by atoms with van der Waals surface area (Å²) in [5, 5.41) is 6.03. The molecule has 1 aliphatic rings. The van der Waals surface area contributed by atoms with Crippen molar-refractivity contribution >= 4 is 35.1 Å². The van der Waals surface area contributed by atoms with Crippen LogP contribution in [-0.2, 0) is 6.54 Å². The average Bonchev–Trinajstić information content (AvgIpc) is 2.85. The smallest absolute Gasteiger partial charge is 0.319 e. The van der Waals surface area contributed by atoms with Crippen LogP contribution in [0, 0.1) is 0 Å². The van der Waals surface area contributed by atoms with Gasteiger partial charge in [0.15, 0.2) is 0 Å². The first-order valence-electron chi connectivity index (χ1n) is 8.18. The van der Waals surface area contributed by atoms with Crippen LogP contribution in [0.2, 0.25) is 5.02 Å². The molecule has 4 amide bonds. The number of hydrogen-bond donors (Lipinski definition) is 2. The molecule has 2 N–H and O–H groups in total. The number of urea groups is 1. The molecule has 0 radical (unpaired) electrons. The minimum atomic E-state index is -0.405. The number of amides is 4. The summed E-state index contributed by atoms with van der Waals surface area (Å²) in [7, 11) is 0. The number of imide groups is 1. The van der Waals surface area contributed by atoms with Gasteiger partial charge in [0.25, 0.3) is 11.8 Å². The summed E-state index contributed by atoms with van der Waals surface area (Å²) in [6, 6.07) is 11.2. The summed E-state index contributed by atoms with van der Waals surface area (Å²) in [4.78, 5) is 37.9. The second-order valence-electron chi connectivity index (χ2n) is 6.27. The second-order valence-corrected chi connectivity index (χ2v) is 6.70. The maximum Gasteiger partial charge on any atom is 0.319 e. The molecule has 26 heavy (non-hydrogen) atoms. The lowest BCUT2D eigenvalue weighted by molar-refractivity contribution is 0.0609. The Balaban J connectivity index is 1.66. The highest BCUT2D eigenvalue weighted by atomic mass is 35.5. The number of nitrogens with one attached hydrogen (secondary N) is 2. The van der Waals surface area contributed by atoms with Crippen LogP contribution in [0.4, 0.5) is 10.5 Å². The van der Waals surface area contributed by atoms with Gasteiger partial charge in [0.05, 0.1) is 11.1 Å². The molecule has 0 aliphatic carbocycles. The fraction of sp³-hybridized carbons (Fsp3) is 0.211. The zero-order chi connectivity index (χ0) is 18.8. The summed E-state index contributed by atoms with van der Waals surface area (Å²) in [6.45, 7) is 3.91. The van der Waals surface area contributed by atoms with Gasteiger partial charge in [-0.1, -0.05) is 23.7 Å². The van der Waals surface area contributed by atoms with E-state index < -0.39 is 6.03 Å². The van der Waals surface area contributed by atoms with E-state index in [1.54, 1.807) is 38.1 Å². The lowest BCUT2D eigenvalue weighted by Gasteiger charge is -2.17. The van der Waals surface area contributed by atoms with Crippen LogP contribution < -0.4 is 10.6 Å². The third kappa shape index (κ3) is 3.55. The Kier molecular flexibility index (Phi) is 4.95. The van der Waals surface area contributed by atoms with Crippen LogP contribution in [-0.4, -0.2) is 28.8 Å². The van der Waals surface area contributed by atoms with E-state index >= 15 is 0 Å². The predicted octanol–water partition coefficient (Wildman–Crippen LogP) is 3.67. The van der Waals surface area contributed by atoms with Crippen LogP contribution >= 0.6 is 11.6 Å². The van der Waals surface area contributed by atoms with E-state index in [2.05, 4.69) is 10.6 Å². The first-order chi connectivity index (χ1) is 12.4. The number of benzene rings is 2. The van der Waals surface area contributed by atoms with E-state index in [9.17, 15) is 14.4 Å². The molecule has 0 unspecified atom stereocenters. The SMILES string of the molecule is CC(C)N1C(=O)c2ccc(NC(=O)NCc3ccc(Cl)cc3)cc2C1=O. The van der Waals surface area contributed by atoms with Crippen molar-refractivity contribution in [1.82, 2.24) is 10.2 Å². The molecule has 0 aromatic heterocycles. The van der Waals surface area contributed by atoms with Gasteiger partial charge in [0.1, 0.15) is 0 Å². The van der Waals surface area contributed by atoms with Gasteiger partial charge in [0.2, 0.25) is 0 Å². The Hall–Kier alpha value is -2.86. The molecular weight excluding hydrogens is 354 g/mol. The highest BCUT2D eigenvalue weighted by molar-refractivity contribution is 6.30. The molecule has 0 bridgehead atoms. The predicted molar refractivity (Wildman–Crippen MR) is 99.4 cm³/mol. The first-order valence-corrected chi connectivity index (χ1v) is 8.56. The van der Waals surface area contributed by atoms with Gasteiger partial charge < -0.3 is 10.6 Å². The normalized spacial score (nSPS) is 13.2. The average molecular weight is 372 g/mol. The summed E-state index contributed by atoms with van der Waals surface area (Å²) in [6.07, 6.45) is 0. The minimum absolute atomic E-state index is 0.221. The molecule has 7 heteroatoms. The van der Waals surface area contributed by atoms with Gasteiger partial charge in [-0.15, -0.1) is 0 Å². The number of rotatable bonds is 4. The number of carbonyl (C=O) groups excluding carboxylic acids is 3. The molecule has 1 aliphatic heterocycles. The van der Waals surface area contributed by atoms with E-state index in [0.717, 1.165) is 5.56 Å². The molecule has 0 saturated heterocycles. The highest BCUT2D eigenvalue weighted by Gasteiger charge is 2.37. The fourth-order valence-electron chi connectivity index (χ4n) is 2.77. The van der Waals surface area contributed by atoms with Gasteiger partial charge >= 0.3 is 6.03 Å². The molecule has 6 nitrogen and oxygen atoms in total. The van der Waals surface area contributed by atoms with Crippen molar-refractivity contribution in [3.8, 4) is 0 Å².